The number of rotatable bonds is 4. The van der Waals surface area contributed by atoms with Gasteiger partial charge in [-0.2, -0.15) is 0 Å². The number of nitrogens with zero attached hydrogens (tertiary/aromatic N) is 2. The van der Waals surface area contributed by atoms with Crippen molar-refractivity contribution in [3.05, 3.63) is 12.2 Å². The quantitative estimate of drug-likeness (QED) is 0.415. The van der Waals surface area contributed by atoms with E-state index in [0.717, 1.165) is 25.7 Å². The Bertz CT molecular complexity index is 1050. The van der Waals surface area contributed by atoms with Gasteiger partial charge in [0.25, 0.3) is 0 Å². The average molecular weight is 560 g/mol. The number of amides is 3. The van der Waals surface area contributed by atoms with Crippen LogP contribution in [-0.2, 0) is 33.4 Å². The van der Waals surface area contributed by atoms with Crippen molar-refractivity contribution >= 4 is 29.7 Å². The highest BCUT2D eigenvalue weighted by molar-refractivity contribution is 5.96. The molecule has 3 aliphatic heterocycles. The molecule has 0 aromatic rings. The van der Waals surface area contributed by atoms with E-state index in [-0.39, 0.29) is 42.6 Å². The van der Waals surface area contributed by atoms with E-state index in [9.17, 15) is 24.0 Å². The molecule has 2 saturated heterocycles. The number of nitrogens with one attached hydrogen (secondary N) is 1. The molecule has 4 rings (SSSR count). The summed E-state index contributed by atoms with van der Waals surface area (Å²) in [5.41, 5.74) is -1.82. The van der Waals surface area contributed by atoms with E-state index < -0.39 is 40.9 Å². The molecule has 222 valence electrons. The molecule has 1 N–H and O–H groups in total. The van der Waals surface area contributed by atoms with E-state index >= 15 is 0 Å². The summed E-state index contributed by atoms with van der Waals surface area (Å²) in [5.74, 6) is -2.69. The van der Waals surface area contributed by atoms with Crippen molar-refractivity contribution in [3.8, 4) is 0 Å². The van der Waals surface area contributed by atoms with Crippen molar-refractivity contribution in [2.45, 2.75) is 96.7 Å². The molecule has 0 unspecified atom stereocenters. The molecule has 0 radical (unpaired) electrons. The largest absolute Gasteiger partial charge is 0.464 e. The topological polar surface area (TPSA) is 122 Å². The number of likely N-dealkylation sites (tertiary alicyclic amines) is 1. The van der Waals surface area contributed by atoms with Crippen LogP contribution >= 0.6 is 0 Å². The molecule has 10 nitrogen and oxygen atoms in total. The zero-order valence-electron chi connectivity index (χ0n) is 24.6. The Kier molecular flexibility index (Phi) is 8.95. The van der Waals surface area contributed by atoms with Gasteiger partial charge in [0.1, 0.15) is 17.2 Å². The predicted octanol–water partition coefficient (Wildman–Crippen LogP) is 2.60. The van der Waals surface area contributed by atoms with Gasteiger partial charge >= 0.3 is 11.9 Å². The molecule has 1 aliphatic carbocycles. The number of hydrogen-bond donors (Lipinski definition) is 1. The van der Waals surface area contributed by atoms with Crippen LogP contribution in [0.25, 0.3) is 0 Å². The van der Waals surface area contributed by atoms with Gasteiger partial charge in [-0.15, -0.1) is 0 Å². The molecule has 4 aliphatic rings. The van der Waals surface area contributed by atoms with Gasteiger partial charge in [-0.1, -0.05) is 25.0 Å². The van der Waals surface area contributed by atoms with Gasteiger partial charge in [-0.3, -0.25) is 19.2 Å². The van der Waals surface area contributed by atoms with Crippen LogP contribution < -0.4 is 5.32 Å². The molecule has 6 atom stereocenters. The van der Waals surface area contributed by atoms with E-state index in [2.05, 4.69) is 11.4 Å². The lowest BCUT2D eigenvalue weighted by atomic mass is 9.92. The molecule has 0 aromatic carbocycles. The fourth-order valence-electron chi connectivity index (χ4n) is 6.59. The summed E-state index contributed by atoms with van der Waals surface area (Å²) in [6, 6.07) is -0.843. The summed E-state index contributed by atoms with van der Waals surface area (Å²) < 4.78 is 10.9. The lowest BCUT2D eigenvalue weighted by Gasteiger charge is -2.32. The second-order valence-corrected chi connectivity index (χ2v) is 12.8. The minimum Gasteiger partial charge on any atom is -0.464 e. The van der Waals surface area contributed by atoms with E-state index in [1.807, 2.05) is 6.08 Å². The first-order valence-electron chi connectivity index (χ1n) is 14.8. The summed E-state index contributed by atoms with van der Waals surface area (Å²) in [4.78, 5) is 69.5. The first-order chi connectivity index (χ1) is 18.9. The third kappa shape index (κ3) is 6.52. The van der Waals surface area contributed by atoms with Crippen LogP contribution in [0.3, 0.4) is 0 Å². The molecular formula is C30H45N3O7. The molecule has 0 spiro atoms. The average Bonchev–Trinajstić information content (AvgIpc) is 3.20. The fourth-order valence-corrected chi connectivity index (χ4v) is 6.59. The Morgan fingerprint density at radius 1 is 1.10 bits per heavy atom. The number of hydrogen-bond acceptors (Lipinski definition) is 7. The highest BCUT2D eigenvalue weighted by Crippen LogP contribution is 2.47. The third-order valence-corrected chi connectivity index (χ3v) is 8.64. The monoisotopic (exact) mass is 559 g/mol. The first-order valence-corrected chi connectivity index (χ1v) is 14.8. The van der Waals surface area contributed by atoms with Crippen LogP contribution in [-0.4, -0.2) is 82.9 Å². The maximum Gasteiger partial charge on any atom is 0.332 e. The number of carbonyl (C=O) groups excluding carboxylic acids is 5. The number of allylic oxidation sites excluding steroid dienone is 1. The summed E-state index contributed by atoms with van der Waals surface area (Å²) in [6.45, 7) is 9.99. The third-order valence-electron chi connectivity index (χ3n) is 8.64. The van der Waals surface area contributed by atoms with Crippen LogP contribution in [0.5, 0.6) is 0 Å². The van der Waals surface area contributed by atoms with Gasteiger partial charge in [-0.25, -0.2) is 4.79 Å². The van der Waals surface area contributed by atoms with Crippen LogP contribution in [0.1, 0.15) is 79.6 Å². The van der Waals surface area contributed by atoms with Crippen LogP contribution in [0.15, 0.2) is 12.2 Å². The smallest absolute Gasteiger partial charge is 0.332 e. The van der Waals surface area contributed by atoms with Crippen molar-refractivity contribution in [3.63, 3.8) is 0 Å². The maximum atomic E-state index is 14.1. The molecule has 0 aromatic heterocycles. The highest BCUT2D eigenvalue weighted by atomic mass is 16.6. The van der Waals surface area contributed by atoms with Gasteiger partial charge in [0.15, 0.2) is 0 Å². The fraction of sp³-hybridized carbons (Fsp3) is 0.767. The van der Waals surface area contributed by atoms with Crippen molar-refractivity contribution in [2.24, 2.45) is 23.7 Å². The number of carbonyl (C=O) groups is 5. The van der Waals surface area contributed by atoms with Crippen molar-refractivity contribution in [1.82, 2.24) is 15.1 Å². The van der Waals surface area contributed by atoms with Crippen LogP contribution in [0.2, 0.25) is 0 Å². The van der Waals surface area contributed by atoms with Gasteiger partial charge < -0.3 is 24.6 Å². The Morgan fingerprint density at radius 3 is 2.52 bits per heavy atom. The van der Waals surface area contributed by atoms with Crippen LogP contribution in [0, 0.1) is 23.7 Å². The van der Waals surface area contributed by atoms with E-state index in [1.165, 1.54) is 6.92 Å². The zero-order chi connectivity index (χ0) is 29.2. The van der Waals surface area contributed by atoms with Gasteiger partial charge in [0.05, 0.1) is 13.0 Å². The lowest BCUT2D eigenvalue weighted by Crippen LogP contribution is -2.56. The van der Waals surface area contributed by atoms with Crippen LogP contribution in [0.4, 0.5) is 0 Å². The number of esters is 2. The Hall–Kier alpha value is -2.91. The van der Waals surface area contributed by atoms with Crippen molar-refractivity contribution < 1.29 is 33.4 Å². The molecule has 10 heteroatoms. The standard InChI is InChI=1S/C30H45N3O7/c1-6-39-28(38)30-15-22(30)13-11-9-7-8-10-12-20(14-24(35)40-29(3,4)5)27(37)33-17-21-16-32(19(2)34)18-23(21)25(33)26(36)31-30/h11,13,20-23,25H,6-10,12,14-18H2,1-5H3,(H,31,36)/b13-11-/t20-,21+,22-,23+,25+,30-/m1/s1. The second-order valence-electron chi connectivity index (χ2n) is 12.8. The Labute approximate surface area is 237 Å². The van der Waals surface area contributed by atoms with Crippen molar-refractivity contribution in [2.75, 3.05) is 26.2 Å². The Morgan fingerprint density at radius 2 is 1.85 bits per heavy atom. The number of ether oxygens (including phenoxy) is 2. The SMILES string of the molecule is CCOC(=O)[C@@]12C[C@H]1/C=C\CCCCC[C@H](CC(=O)OC(C)(C)C)C(=O)N1C[C@@H]3CN(C(C)=O)C[C@@H]3[C@H]1C(=O)N2. The van der Waals surface area contributed by atoms with Gasteiger partial charge in [-0.05, 0) is 53.4 Å². The molecule has 40 heavy (non-hydrogen) atoms. The summed E-state index contributed by atoms with van der Waals surface area (Å²) >= 11 is 0. The first kappa shape index (κ1) is 30.1. The van der Waals surface area contributed by atoms with Crippen molar-refractivity contribution in [1.29, 1.82) is 0 Å². The predicted molar refractivity (Wildman–Crippen MR) is 147 cm³/mol. The molecule has 3 amide bonds. The molecular weight excluding hydrogens is 514 g/mol. The zero-order valence-corrected chi connectivity index (χ0v) is 24.6. The summed E-state index contributed by atoms with van der Waals surface area (Å²) in [5, 5.41) is 3.00. The minimum atomic E-state index is -1.15. The molecule has 3 fully saturated rings. The number of fused-ring (bicyclic) bond motifs is 4. The molecule has 1 saturated carbocycles. The van der Waals surface area contributed by atoms with E-state index in [4.69, 9.17) is 9.47 Å². The van der Waals surface area contributed by atoms with E-state index in [1.54, 1.807) is 37.5 Å². The summed E-state index contributed by atoms with van der Waals surface area (Å²) in [6.07, 6.45) is 8.40. The van der Waals surface area contributed by atoms with Gasteiger partial charge in [0.2, 0.25) is 17.7 Å². The summed E-state index contributed by atoms with van der Waals surface area (Å²) in [7, 11) is 0. The lowest BCUT2D eigenvalue weighted by molar-refractivity contribution is -0.159. The van der Waals surface area contributed by atoms with E-state index in [0.29, 0.717) is 32.5 Å². The normalized spacial score (nSPS) is 33.5. The Balaban J connectivity index is 1.65. The molecule has 0 bridgehead atoms. The minimum absolute atomic E-state index is 0.0510. The second kappa shape index (κ2) is 11.9. The maximum absolute atomic E-state index is 14.1. The highest BCUT2D eigenvalue weighted by Gasteiger charge is 2.63. The van der Waals surface area contributed by atoms with Gasteiger partial charge in [0, 0.05) is 50.2 Å². The molecule has 3 heterocycles.